The number of aryl methyl sites for hydroxylation is 1. The minimum absolute atomic E-state index is 0.254. The number of pyridine rings is 1. The number of amides is 1. The summed E-state index contributed by atoms with van der Waals surface area (Å²) < 4.78 is 7.63. The lowest BCUT2D eigenvalue weighted by Crippen LogP contribution is -2.50. The molecule has 162 valence electrons. The van der Waals surface area contributed by atoms with Crippen LogP contribution in [0.5, 0.6) is 0 Å². The molecule has 0 atom stereocenters. The van der Waals surface area contributed by atoms with E-state index in [-0.39, 0.29) is 6.09 Å². The van der Waals surface area contributed by atoms with Crippen molar-refractivity contribution in [1.29, 1.82) is 0 Å². The molecule has 1 aromatic carbocycles. The van der Waals surface area contributed by atoms with Crippen molar-refractivity contribution in [2.75, 3.05) is 31.1 Å². The van der Waals surface area contributed by atoms with Crippen LogP contribution in [0.4, 0.5) is 10.6 Å². The van der Waals surface area contributed by atoms with E-state index in [2.05, 4.69) is 39.9 Å². The van der Waals surface area contributed by atoms with E-state index in [0.717, 1.165) is 29.1 Å². The number of carbonyl (C=O) groups excluding carboxylic acids is 1. The van der Waals surface area contributed by atoms with Crippen molar-refractivity contribution in [3.8, 4) is 0 Å². The van der Waals surface area contributed by atoms with Crippen LogP contribution in [0.1, 0.15) is 32.0 Å². The number of carbonyl (C=O) groups is 1. The Kier molecular flexibility index (Phi) is 5.76. The Hall–Kier alpha value is -3.22. The molecule has 0 N–H and O–H groups in total. The zero-order valence-corrected chi connectivity index (χ0v) is 18.7. The predicted molar refractivity (Wildman–Crippen MR) is 120 cm³/mol. The standard InChI is InChI=1S/C24H30N5O2/c1-18-22(28-12-14-29(15-13-28)23(30)31-24(2,3)4)26-21-17-27(11-10-20(21)25-18)16-19-8-6-5-7-9-19/h5-11,17H,12-16H2,1-4H3/q+1. The van der Waals surface area contributed by atoms with E-state index in [1.807, 2.05) is 46.0 Å². The molecule has 3 heterocycles. The van der Waals surface area contributed by atoms with Gasteiger partial charge in [-0.2, -0.15) is 4.57 Å². The van der Waals surface area contributed by atoms with Crippen LogP contribution >= 0.6 is 0 Å². The molecule has 1 saturated heterocycles. The number of aromatic nitrogens is 3. The highest BCUT2D eigenvalue weighted by Crippen LogP contribution is 2.21. The summed E-state index contributed by atoms with van der Waals surface area (Å²) in [4.78, 5) is 26.0. The predicted octanol–water partition coefficient (Wildman–Crippen LogP) is 3.33. The first-order chi connectivity index (χ1) is 14.8. The molecule has 3 aromatic rings. The highest BCUT2D eigenvalue weighted by atomic mass is 16.6. The molecule has 0 unspecified atom stereocenters. The zero-order valence-electron chi connectivity index (χ0n) is 18.7. The summed E-state index contributed by atoms with van der Waals surface area (Å²) >= 11 is 0. The molecule has 1 aliphatic heterocycles. The van der Waals surface area contributed by atoms with Crippen LogP contribution in [0.25, 0.3) is 11.0 Å². The van der Waals surface area contributed by atoms with Crippen LogP contribution in [0.2, 0.25) is 0 Å². The maximum atomic E-state index is 12.3. The minimum Gasteiger partial charge on any atom is -0.444 e. The molecule has 31 heavy (non-hydrogen) atoms. The van der Waals surface area contributed by atoms with Crippen molar-refractivity contribution in [2.24, 2.45) is 0 Å². The van der Waals surface area contributed by atoms with Crippen LogP contribution < -0.4 is 9.47 Å². The Morgan fingerprint density at radius 2 is 1.74 bits per heavy atom. The summed E-state index contributed by atoms with van der Waals surface area (Å²) in [6, 6.07) is 12.4. The molecule has 0 radical (unpaired) electrons. The molecule has 1 fully saturated rings. The summed E-state index contributed by atoms with van der Waals surface area (Å²) in [5, 5.41) is 0. The second-order valence-corrected chi connectivity index (χ2v) is 8.96. The van der Waals surface area contributed by atoms with E-state index in [1.54, 1.807) is 4.90 Å². The Morgan fingerprint density at radius 3 is 2.42 bits per heavy atom. The summed E-state index contributed by atoms with van der Waals surface area (Å²) in [6.45, 7) is 11.1. The van der Waals surface area contributed by atoms with Gasteiger partial charge < -0.3 is 14.5 Å². The highest BCUT2D eigenvalue weighted by molar-refractivity contribution is 5.75. The van der Waals surface area contributed by atoms with Crippen LogP contribution in [0.15, 0.2) is 48.8 Å². The zero-order chi connectivity index (χ0) is 22.0. The number of fused-ring (bicyclic) bond motifs is 1. The third kappa shape index (κ3) is 5.10. The number of ether oxygens (including phenoxy) is 1. The van der Waals surface area contributed by atoms with Gasteiger partial charge in [-0.15, -0.1) is 0 Å². The Bertz CT molecular complexity index is 1070. The number of rotatable bonds is 3. The molecule has 1 aliphatic rings. The van der Waals surface area contributed by atoms with Crippen LogP contribution in [0.3, 0.4) is 0 Å². The van der Waals surface area contributed by atoms with E-state index >= 15 is 0 Å². The monoisotopic (exact) mass is 420 g/mol. The van der Waals surface area contributed by atoms with E-state index in [9.17, 15) is 4.79 Å². The highest BCUT2D eigenvalue weighted by Gasteiger charge is 2.27. The second-order valence-electron chi connectivity index (χ2n) is 8.96. The second kappa shape index (κ2) is 8.49. The van der Waals surface area contributed by atoms with E-state index in [0.29, 0.717) is 26.2 Å². The molecule has 7 heteroatoms. The third-order valence-corrected chi connectivity index (χ3v) is 5.25. The lowest BCUT2D eigenvalue weighted by atomic mass is 10.2. The van der Waals surface area contributed by atoms with Gasteiger partial charge >= 0.3 is 6.09 Å². The van der Waals surface area contributed by atoms with E-state index in [1.165, 1.54) is 5.56 Å². The quantitative estimate of drug-likeness (QED) is 0.608. The fourth-order valence-corrected chi connectivity index (χ4v) is 3.74. The first-order valence-electron chi connectivity index (χ1n) is 10.7. The van der Waals surface area contributed by atoms with Crippen molar-refractivity contribution >= 4 is 22.9 Å². The number of nitrogens with zero attached hydrogens (tertiary/aromatic N) is 5. The van der Waals surface area contributed by atoms with E-state index in [4.69, 9.17) is 14.7 Å². The molecule has 0 aliphatic carbocycles. The fourth-order valence-electron chi connectivity index (χ4n) is 3.74. The molecule has 4 rings (SSSR count). The van der Waals surface area contributed by atoms with E-state index < -0.39 is 5.60 Å². The Morgan fingerprint density at radius 1 is 1.03 bits per heavy atom. The van der Waals surface area contributed by atoms with Crippen LogP contribution in [0, 0.1) is 6.92 Å². The van der Waals surface area contributed by atoms with Gasteiger partial charge in [-0.1, -0.05) is 30.3 Å². The molecular weight excluding hydrogens is 390 g/mol. The van der Waals surface area contributed by atoms with Crippen molar-refractivity contribution in [2.45, 2.75) is 39.8 Å². The lowest BCUT2D eigenvalue weighted by molar-refractivity contribution is -0.687. The van der Waals surface area contributed by atoms with Crippen LogP contribution in [-0.2, 0) is 11.3 Å². The molecular formula is C24H30N5O2+. The summed E-state index contributed by atoms with van der Waals surface area (Å²) in [6.07, 6.45) is 3.84. The lowest BCUT2D eigenvalue weighted by Gasteiger charge is -2.36. The largest absolute Gasteiger partial charge is 0.444 e. The van der Waals surface area contributed by atoms with Crippen molar-refractivity contribution in [3.63, 3.8) is 0 Å². The first-order valence-corrected chi connectivity index (χ1v) is 10.7. The number of piperazine rings is 1. The van der Waals surface area contributed by atoms with Gasteiger partial charge in [0, 0.05) is 37.8 Å². The Labute approximate surface area is 183 Å². The number of anilines is 1. The Balaban J connectivity index is 1.50. The SMILES string of the molecule is Cc1nc2cc[n+](Cc3ccccc3)cc2nc1N1CCN(C(=O)OC(C)(C)C)CC1. The van der Waals surface area contributed by atoms with Gasteiger partial charge in [-0.25, -0.2) is 14.8 Å². The van der Waals surface area contributed by atoms with Gasteiger partial charge in [0.05, 0.1) is 5.69 Å². The number of hydrogen-bond acceptors (Lipinski definition) is 5. The molecule has 0 bridgehead atoms. The van der Waals surface area contributed by atoms with Gasteiger partial charge in [0.2, 0.25) is 0 Å². The molecule has 1 amide bonds. The average Bonchev–Trinajstić information content (AvgIpc) is 2.73. The molecule has 2 aromatic heterocycles. The van der Waals surface area contributed by atoms with Gasteiger partial charge in [-0.05, 0) is 27.7 Å². The van der Waals surface area contributed by atoms with Gasteiger partial charge in [0.25, 0.3) is 0 Å². The summed E-state index contributed by atoms with van der Waals surface area (Å²) in [7, 11) is 0. The molecule has 7 nitrogen and oxygen atoms in total. The topological polar surface area (TPSA) is 62.4 Å². The normalized spacial score (nSPS) is 14.7. The molecule has 0 saturated carbocycles. The van der Waals surface area contributed by atoms with Crippen molar-refractivity contribution in [3.05, 3.63) is 60.0 Å². The average molecular weight is 421 g/mol. The molecule has 0 spiro atoms. The number of benzene rings is 1. The van der Waals surface area contributed by atoms with Crippen molar-refractivity contribution in [1.82, 2.24) is 14.9 Å². The fraction of sp³-hybridized carbons (Fsp3) is 0.417. The number of hydrogen-bond donors (Lipinski definition) is 0. The van der Waals surface area contributed by atoms with Crippen molar-refractivity contribution < 1.29 is 14.1 Å². The van der Waals surface area contributed by atoms with Gasteiger partial charge in [-0.3, -0.25) is 0 Å². The third-order valence-electron chi connectivity index (χ3n) is 5.25. The maximum Gasteiger partial charge on any atom is 0.410 e. The summed E-state index contributed by atoms with van der Waals surface area (Å²) in [5.41, 5.74) is 3.42. The van der Waals surface area contributed by atoms with Crippen LogP contribution in [-0.4, -0.2) is 52.7 Å². The van der Waals surface area contributed by atoms with Gasteiger partial charge in [0.15, 0.2) is 30.3 Å². The summed E-state index contributed by atoms with van der Waals surface area (Å²) in [5.74, 6) is 0.883. The van der Waals surface area contributed by atoms with Gasteiger partial charge in [0.1, 0.15) is 11.1 Å². The smallest absolute Gasteiger partial charge is 0.410 e. The minimum atomic E-state index is -0.482. The maximum absolute atomic E-state index is 12.3. The first kappa shape index (κ1) is 21.0.